The van der Waals surface area contributed by atoms with Crippen molar-refractivity contribution in [3.8, 4) is 11.1 Å². The van der Waals surface area contributed by atoms with E-state index in [1.165, 1.54) is 23.9 Å². The molecule has 4 aromatic heterocycles. The lowest BCUT2D eigenvalue weighted by Crippen LogP contribution is -2.19. The molecule has 218 valence electrons. The zero-order chi connectivity index (χ0) is 31.9. The lowest BCUT2D eigenvalue weighted by Gasteiger charge is -2.19. The average molecular weight is 825 g/mol. The number of fused-ring (bicyclic) bond motifs is 1. The molecule has 0 saturated carbocycles. The molecular formula is C26H26B4ClI2N11. The van der Waals surface area contributed by atoms with Gasteiger partial charge in [-0.3, -0.25) is 0 Å². The zero-order valence-electron chi connectivity index (χ0n) is 24.0. The Bertz CT molecular complexity index is 1560. The van der Waals surface area contributed by atoms with E-state index in [1.54, 1.807) is 25.0 Å². The second kappa shape index (κ2) is 18.8. The minimum Gasteiger partial charge on any atom is -0.373 e. The van der Waals surface area contributed by atoms with Crippen molar-refractivity contribution in [2.45, 2.75) is 13.0 Å². The maximum Gasteiger partial charge on any atom is 0.145 e. The predicted octanol–water partition coefficient (Wildman–Crippen LogP) is 3.81. The number of hydrogen-bond acceptors (Lipinski definition) is 10. The molecule has 0 amide bonds. The normalized spacial score (nSPS) is 11.0. The molecule has 0 unspecified atom stereocenters. The van der Waals surface area contributed by atoms with Crippen LogP contribution in [0.5, 0.6) is 0 Å². The number of rotatable bonds is 5. The molecule has 44 heavy (non-hydrogen) atoms. The van der Waals surface area contributed by atoms with Crippen molar-refractivity contribution in [1.29, 1.82) is 0 Å². The first-order valence-corrected chi connectivity index (χ1v) is 15.6. The van der Waals surface area contributed by atoms with Crippen LogP contribution in [-0.4, -0.2) is 90.1 Å². The summed E-state index contributed by atoms with van der Waals surface area (Å²) >= 11 is 9.79. The third-order valence-corrected chi connectivity index (χ3v) is 7.98. The molecular weight excluding hydrogens is 799 g/mol. The Morgan fingerprint density at radius 2 is 1.52 bits per heavy atom. The molecule has 11 nitrogen and oxygen atoms in total. The van der Waals surface area contributed by atoms with Gasteiger partial charge in [0.25, 0.3) is 0 Å². The first-order valence-electron chi connectivity index (χ1n) is 13.1. The molecule has 0 bridgehead atoms. The molecule has 1 aliphatic heterocycles. The number of nitrogens with zero attached hydrogens (tertiary/aromatic N) is 8. The molecule has 5 aromatic rings. The van der Waals surface area contributed by atoms with Crippen LogP contribution >= 0.6 is 56.8 Å². The van der Waals surface area contributed by atoms with Crippen molar-refractivity contribution >= 4 is 104 Å². The summed E-state index contributed by atoms with van der Waals surface area (Å²) in [7, 11) is 17.7. The fourth-order valence-electron chi connectivity index (χ4n) is 3.89. The van der Waals surface area contributed by atoms with Crippen LogP contribution < -0.4 is 15.5 Å². The van der Waals surface area contributed by atoms with Crippen molar-refractivity contribution in [3.05, 3.63) is 91.8 Å². The summed E-state index contributed by atoms with van der Waals surface area (Å²) in [6.45, 7) is 1.88. The SMILES string of the molecule is CNc1ncncc1-c1ccc2c(c1)N(Cc1cnc[nH]1)CC2.CNc1ncncc1I.Clc1ncncc1I.[B]B([B])[B]. The molecule has 5 heterocycles. The third kappa shape index (κ3) is 11.2. The zero-order valence-corrected chi connectivity index (χ0v) is 29.1. The van der Waals surface area contributed by atoms with Gasteiger partial charge in [-0.05, 0) is 68.8 Å². The Balaban J connectivity index is 0.000000206. The molecule has 6 rings (SSSR count). The Kier molecular flexibility index (Phi) is 15.2. The van der Waals surface area contributed by atoms with Crippen molar-refractivity contribution in [2.24, 2.45) is 0 Å². The van der Waals surface area contributed by atoms with Gasteiger partial charge >= 0.3 is 0 Å². The van der Waals surface area contributed by atoms with Gasteiger partial charge in [0.15, 0.2) is 0 Å². The standard InChI is InChI=1S/C17H18N6.C5H6IN3.C4H2ClIN2.B4/c1-18-17-15(8-20-11-22-17)13-3-2-12-4-5-23(16(12)6-13)9-14-7-19-10-21-14;1-7-5-4(6)2-8-3-9-5;5-4-3(6)1-7-2-8-4;1-4(2)3/h2-3,6-8,10-11H,4-5,9H2,1H3,(H,19,21)(H,18,20,22);2-3H,1H3,(H,7,8,9);1-2H;. The number of H-pyrrole nitrogens is 1. The van der Waals surface area contributed by atoms with Gasteiger partial charge in [-0.15, -0.1) is 0 Å². The van der Waals surface area contributed by atoms with Gasteiger partial charge in [-0.25, -0.2) is 34.9 Å². The van der Waals surface area contributed by atoms with E-state index >= 15 is 0 Å². The Labute approximate surface area is 293 Å². The third-order valence-electron chi connectivity index (χ3n) is 5.78. The highest BCUT2D eigenvalue weighted by Gasteiger charge is 2.20. The molecule has 6 radical (unpaired) electrons. The predicted molar refractivity (Wildman–Crippen MR) is 197 cm³/mol. The fraction of sp³-hybridized carbons (Fsp3) is 0.192. The minimum atomic E-state index is -0.667. The average Bonchev–Trinajstić information content (AvgIpc) is 3.69. The second-order valence-corrected chi connectivity index (χ2v) is 11.5. The van der Waals surface area contributed by atoms with Gasteiger partial charge in [0.05, 0.1) is 25.7 Å². The number of halogens is 3. The van der Waals surface area contributed by atoms with E-state index < -0.39 is 6.39 Å². The van der Waals surface area contributed by atoms with Crippen molar-refractivity contribution in [3.63, 3.8) is 0 Å². The summed E-state index contributed by atoms with van der Waals surface area (Å²) in [6, 6.07) is 6.60. The first-order chi connectivity index (χ1) is 21.2. The molecule has 0 saturated heterocycles. The van der Waals surface area contributed by atoms with Gasteiger partial charge in [-0.2, -0.15) is 0 Å². The summed E-state index contributed by atoms with van der Waals surface area (Å²) in [4.78, 5) is 33.4. The van der Waals surface area contributed by atoms with Gasteiger partial charge in [0, 0.05) is 86.3 Å². The van der Waals surface area contributed by atoms with E-state index in [-0.39, 0.29) is 0 Å². The molecule has 0 spiro atoms. The van der Waals surface area contributed by atoms with Gasteiger partial charge in [0.2, 0.25) is 0 Å². The van der Waals surface area contributed by atoms with Gasteiger partial charge in [-0.1, -0.05) is 23.7 Å². The number of hydrogen-bond donors (Lipinski definition) is 3. The van der Waals surface area contributed by atoms with Crippen LogP contribution in [0.2, 0.25) is 5.15 Å². The topological polar surface area (TPSA) is 133 Å². The lowest BCUT2D eigenvalue weighted by molar-refractivity contribution is 0.819. The van der Waals surface area contributed by atoms with E-state index in [9.17, 15) is 0 Å². The van der Waals surface area contributed by atoms with Crippen LogP contribution in [0.15, 0.2) is 68.3 Å². The second-order valence-electron chi connectivity index (χ2n) is 8.84. The summed E-state index contributed by atoms with van der Waals surface area (Å²) in [5, 5.41) is 6.58. The van der Waals surface area contributed by atoms with E-state index in [1.807, 2.05) is 26.5 Å². The Morgan fingerprint density at radius 3 is 2.07 bits per heavy atom. The molecule has 18 heteroatoms. The lowest BCUT2D eigenvalue weighted by atomic mass is 9.08. The summed E-state index contributed by atoms with van der Waals surface area (Å²) in [5.74, 6) is 1.73. The Hall–Kier alpha value is -2.92. The van der Waals surface area contributed by atoms with Crippen molar-refractivity contribution in [1.82, 2.24) is 39.9 Å². The first kappa shape index (κ1) is 35.6. The highest BCUT2D eigenvalue weighted by Crippen LogP contribution is 2.35. The maximum atomic E-state index is 5.55. The molecule has 1 aromatic carbocycles. The number of aromatic nitrogens is 8. The molecule has 0 aliphatic carbocycles. The number of nitrogens with one attached hydrogen (secondary N) is 3. The van der Waals surface area contributed by atoms with Crippen LogP contribution in [0.1, 0.15) is 11.3 Å². The number of imidazole rings is 1. The van der Waals surface area contributed by atoms with Gasteiger partial charge in [0.1, 0.15) is 35.8 Å². The maximum absolute atomic E-state index is 5.55. The minimum absolute atomic E-state index is 0.514. The number of aromatic amines is 1. The molecule has 0 fully saturated rings. The summed E-state index contributed by atoms with van der Waals surface area (Å²) in [5.41, 5.74) is 5.94. The number of benzene rings is 1. The molecule has 3 N–H and O–H groups in total. The molecule has 0 atom stereocenters. The van der Waals surface area contributed by atoms with Crippen molar-refractivity contribution < 1.29 is 0 Å². The highest BCUT2D eigenvalue weighted by atomic mass is 127. The van der Waals surface area contributed by atoms with E-state index in [2.05, 4.69) is 142 Å². The van der Waals surface area contributed by atoms with Crippen LogP contribution in [0.3, 0.4) is 0 Å². The van der Waals surface area contributed by atoms with Crippen LogP contribution in [0.25, 0.3) is 11.1 Å². The van der Waals surface area contributed by atoms with E-state index in [4.69, 9.17) is 11.6 Å². The van der Waals surface area contributed by atoms with Crippen LogP contribution in [-0.2, 0) is 13.0 Å². The Morgan fingerprint density at radius 1 is 0.886 bits per heavy atom. The summed E-state index contributed by atoms with van der Waals surface area (Å²) in [6.07, 6.45) is 13.8. The largest absolute Gasteiger partial charge is 0.373 e. The smallest absolute Gasteiger partial charge is 0.145 e. The monoisotopic (exact) mass is 825 g/mol. The van der Waals surface area contributed by atoms with Gasteiger partial charge < -0.3 is 20.5 Å². The van der Waals surface area contributed by atoms with Crippen LogP contribution in [0, 0.1) is 7.14 Å². The molecule has 1 aliphatic rings. The number of anilines is 3. The van der Waals surface area contributed by atoms with Crippen molar-refractivity contribution in [2.75, 3.05) is 36.2 Å². The van der Waals surface area contributed by atoms with E-state index in [0.717, 1.165) is 55.1 Å². The highest BCUT2D eigenvalue weighted by molar-refractivity contribution is 14.1. The van der Waals surface area contributed by atoms with E-state index in [0.29, 0.717) is 5.15 Å². The quantitative estimate of drug-likeness (QED) is 0.137. The van der Waals surface area contributed by atoms with Crippen LogP contribution in [0.4, 0.5) is 17.3 Å². The fourth-order valence-corrected chi connectivity index (χ4v) is 4.85. The summed E-state index contributed by atoms with van der Waals surface area (Å²) < 4.78 is 1.92.